The Morgan fingerprint density at radius 1 is 1.15 bits per heavy atom. The van der Waals surface area contributed by atoms with Gasteiger partial charge in [-0.05, 0) is 62.1 Å². The van der Waals surface area contributed by atoms with Crippen molar-refractivity contribution in [1.82, 2.24) is 9.78 Å². The minimum Gasteiger partial charge on any atom is -0.326 e. The van der Waals surface area contributed by atoms with Crippen molar-refractivity contribution >= 4 is 11.6 Å². The number of aryl methyl sites for hydroxylation is 2. The van der Waals surface area contributed by atoms with Crippen molar-refractivity contribution < 1.29 is 9.18 Å². The molecule has 0 bridgehead atoms. The number of halogens is 1. The molecule has 0 radical (unpaired) electrons. The highest BCUT2D eigenvalue weighted by Crippen LogP contribution is 2.48. The molecule has 1 heterocycles. The Balaban J connectivity index is 1.48. The highest BCUT2D eigenvalue weighted by atomic mass is 19.1. The van der Waals surface area contributed by atoms with Crippen LogP contribution in [0.25, 0.3) is 5.69 Å². The molecule has 3 aromatic rings. The summed E-state index contributed by atoms with van der Waals surface area (Å²) in [5.74, 6) is -0.511. The van der Waals surface area contributed by atoms with Crippen LogP contribution in [0.4, 0.5) is 10.1 Å². The number of carbonyl (C=O) groups excluding carboxylic acids is 1. The molecule has 1 amide bonds. The molecule has 4 nitrogen and oxygen atoms in total. The van der Waals surface area contributed by atoms with Gasteiger partial charge in [-0.3, -0.25) is 4.79 Å². The Morgan fingerprint density at radius 3 is 2.69 bits per heavy atom. The molecule has 2 atom stereocenters. The summed E-state index contributed by atoms with van der Waals surface area (Å²) in [5.41, 5.74) is 4.23. The van der Waals surface area contributed by atoms with Crippen molar-refractivity contribution in [2.75, 3.05) is 5.32 Å². The fourth-order valence-corrected chi connectivity index (χ4v) is 3.44. The first-order valence-electron chi connectivity index (χ1n) is 8.72. The first-order chi connectivity index (χ1) is 12.5. The molecule has 0 saturated heterocycles. The van der Waals surface area contributed by atoms with E-state index in [4.69, 9.17) is 0 Å². The van der Waals surface area contributed by atoms with Crippen LogP contribution in [0.5, 0.6) is 0 Å². The Bertz CT molecular complexity index is 979. The van der Waals surface area contributed by atoms with E-state index in [9.17, 15) is 9.18 Å². The van der Waals surface area contributed by atoms with Gasteiger partial charge in [-0.25, -0.2) is 9.07 Å². The summed E-state index contributed by atoms with van der Waals surface area (Å²) in [6, 6.07) is 16.3. The number of amides is 1. The monoisotopic (exact) mass is 349 g/mol. The van der Waals surface area contributed by atoms with Crippen LogP contribution < -0.4 is 5.32 Å². The van der Waals surface area contributed by atoms with Crippen molar-refractivity contribution in [1.29, 1.82) is 0 Å². The van der Waals surface area contributed by atoms with E-state index in [1.165, 1.54) is 6.07 Å². The predicted octanol–water partition coefficient (Wildman–Crippen LogP) is 4.37. The number of hydrogen-bond acceptors (Lipinski definition) is 2. The molecule has 1 saturated carbocycles. The Hall–Kier alpha value is -2.95. The number of aromatic nitrogens is 2. The van der Waals surface area contributed by atoms with Crippen LogP contribution in [0.1, 0.15) is 29.3 Å². The molecule has 26 heavy (non-hydrogen) atoms. The number of carbonyl (C=O) groups is 1. The summed E-state index contributed by atoms with van der Waals surface area (Å²) in [6.45, 7) is 3.94. The zero-order valence-electron chi connectivity index (χ0n) is 14.7. The maximum absolute atomic E-state index is 13.9. The average Bonchev–Trinajstić information content (AvgIpc) is 3.33. The summed E-state index contributed by atoms with van der Waals surface area (Å²) in [5, 5.41) is 7.43. The number of rotatable bonds is 4. The third kappa shape index (κ3) is 3.12. The summed E-state index contributed by atoms with van der Waals surface area (Å²) in [4.78, 5) is 12.5. The molecule has 2 unspecified atom stereocenters. The summed E-state index contributed by atoms with van der Waals surface area (Å²) in [7, 11) is 0. The quantitative estimate of drug-likeness (QED) is 0.760. The largest absolute Gasteiger partial charge is 0.326 e. The third-order valence-electron chi connectivity index (χ3n) is 4.80. The highest BCUT2D eigenvalue weighted by Gasteiger charge is 2.45. The van der Waals surface area contributed by atoms with Crippen LogP contribution in [0.3, 0.4) is 0 Å². The van der Waals surface area contributed by atoms with Crippen LogP contribution >= 0.6 is 0 Å². The van der Waals surface area contributed by atoms with E-state index in [0.717, 1.165) is 22.8 Å². The third-order valence-corrected chi connectivity index (χ3v) is 4.80. The van der Waals surface area contributed by atoms with Gasteiger partial charge in [-0.1, -0.05) is 24.3 Å². The summed E-state index contributed by atoms with van der Waals surface area (Å²) >= 11 is 0. The normalized spacial score (nSPS) is 18.6. The minimum atomic E-state index is -0.237. The lowest BCUT2D eigenvalue weighted by Gasteiger charge is -2.09. The predicted molar refractivity (Wildman–Crippen MR) is 98.9 cm³/mol. The van der Waals surface area contributed by atoms with Gasteiger partial charge in [0.1, 0.15) is 5.82 Å². The molecule has 1 aliphatic rings. The SMILES string of the molecule is Cc1cc(C)n(-c2cccc(NC(=O)C3CC3c3ccccc3F)c2)n1. The lowest BCUT2D eigenvalue weighted by atomic mass is 10.1. The van der Waals surface area contributed by atoms with E-state index in [-0.39, 0.29) is 23.6 Å². The van der Waals surface area contributed by atoms with Crippen LogP contribution in [0.2, 0.25) is 0 Å². The molecule has 4 rings (SSSR count). The number of nitrogens with one attached hydrogen (secondary N) is 1. The first kappa shape index (κ1) is 16.5. The molecular weight excluding hydrogens is 329 g/mol. The van der Waals surface area contributed by atoms with Crippen LogP contribution in [-0.2, 0) is 4.79 Å². The first-order valence-corrected chi connectivity index (χ1v) is 8.72. The van der Waals surface area contributed by atoms with E-state index >= 15 is 0 Å². The summed E-state index contributed by atoms with van der Waals surface area (Å²) in [6.07, 6.45) is 0.684. The highest BCUT2D eigenvalue weighted by molar-refractivity contribution is 5.95. The standard InChI is InChI=1S/C21H20FN3O/c1-13-10-14(2)25(24-13)16-7-5-6-15(11-16)23-21(26)19-12-18(19)17-8-3-4-9-20(17)22/h3-11,18-19H,12H2,1-2H3,(H,23,26). The molecule has 132 valence electrons. The van der Waals surface area contributed by atoms with Gasteiger partial charge in [0.2, 0.25) is 5.91 Å². The van der Waals surface area contributed by atoms with Gasteiger partial charge in [0.25, 0.3) is 0 Å². The second kappa shape index (κ2) is 6.41. The van der Waals surface area contributed by atoms with Gasteiger partial charge in [-0.15, -0.1) is 0 Å². The Kier molecular flexibility index (Phi) is 4.07. The van der Waals surface area contributed by atoms with Crippen LogP contribution in [0, 0.1) is 25.6 Å². The average molecular weight is 349 g/mol. The van der Waals surface area contributed by atoms with E-state index in [0.29, 0.717) is 12.0 Å². The van der Waals surface area contributed by atoms with Crippen LogP contribution in [-0.4, -0.2) is 15.7 Å². The van der Waals surface area contributed by atoms with Gasteiger partial charge in [0.15, 0.2) is 0 Å². The van der Waals surface area contributed by atoms with Gasteiger partial charge in [0.05, 0.1) is 11.4 Å². The molecular formula is C21H20FN3O. The molecule has 0 aliphatic heterocycles. The number of nitrogens with zero attached hydrogens (tertiary/aromatic N) is 2. The Labute approximate surface area is 151 Å². The lowest BCUT2D eigenvalue weighted by Crippen LogP contribution is -2.15. The van der Waals surface area contributed by atoms with E-state index in [1.807, 2.05) is 54.9 Å². The van der Waals surface area contributed by atoms with Crippen molar-refractivity contribution in [2.24, 2.45) is 5.92 Å². The molecule has 5 heteroatoms. The Morgan fingerprint density at radius 2 is 1.96 bits per heavy atom. The minimum absolute atomic E-state index is 0.0320. The zero-order chi connectivity index (χ0) is 18.3. The van der Waals surface area contributed by atoms with E-state index in [1.54, 1.807) is 12.1 Å². The molecule has 2 aromatic carbocycles. The topological polar surface area (TPSA) is 46.9 Å². The second-order valence-corrected chi connectivity index (χ2v) is 6.85. The second-order valence-electron chi connectivity index (χ2n) is 6.85. The lowest BCUT2D eigenvalue weighted by molar-refractivity contribution is -0.117. The zero-order valence-corrected chi connectivity index (χ0v) is 14.7. The molecule has 1 aliphatic carbocycles. The van der Waals surface area contributed by atoms with E-state index < -0.39 is 0 Å². The maximum atomic E-state index is 13.9. The summed E-state index contributed by atoms with van der Waals surface area (Å²) < 4.78 is 15.7. The molecule has 1 fully saturated rings. The van der Waals surface area contributed by atoms with Gasteiger partial charge in [-0.2, -0.15) is 5.10 Å². The fourth-order valence-electron chi connectivity index (χ4n) is 3.44. The molecule has 1 N–H and O–H groups in total. The van der Waals surface area contributed by atoms with Gasteiger partial charge < -0.3 is 5.32 Å². The molecule has 0 spiro atoms. The maximum Gasteiger partial charge on any atom is 0.228 e. The van der Waals surface area contributed by atoms with Gasteiger partial charge in [0, 0.05) is 17.3 Å². The smallest absolute Gasteiger partial charge is 0.228 e. The van der Waals surface area contributed by atoms with Crippen molar-refractivity contribution in [2.45, 2.75) is 26.2 Å². The van der Waals surface area contributed by atoms with Crippen molar-refractivity contribution in [3.05, 3.63) is 77.4 Å². The number of benzene rings is 2. The van der Waals surface area contributed by atoms with Crippen LogP contribution in [0.15, 0.2) is 54.6 Å². The molecule has 1 aromatic heterocycles. The number of hydrogen-bond donors (Lipinski definition) is 1. The number of anilines is 1. The van der Waals surface area contributed by atoms with E-state index in [2.05, 4.69) is 10.4 Å². The van der Waals surface area contributed by atoms with Crippen molar-refractivity contribution in [3.63, 3.8) is 0 Å². The van der Waals surface area contributed by atoms with Gasteiger partial charge >= 0.3 is 0 Å². The fraction of sp³-hybridized carbons (Fsp3) is 0.238. The van der Waals surface area contributed by atoms with Crippen molar-refractivity contribution in [3.8, 4) is 5.69 Å².